The molecule has 1 atom stereocenters. The summed E-state index contributed by atoms with van der Waals surface area (Å²) in [7, 11) is 1.06. The SMILES string of the molecule is COC1=C(n2c(C(F)(F)F)cc3c2CCCC3)C(O)C(F)(F)C=C1C#N. The van der Waals surface area contributed by atoms with Crippen molar-refractivity contribution in [1.29, 1.82) is 5.26 Å². The fourth-order valence-electron chi connectivity index (χ4n) is 3.49. The van der Waals surface area contributed by atoms with Crippen LogP contribution >= 0.6 is 0 Å². The monoisotopic (exact) mass is 374 g/mol. The van der Waals surface area contributed by atoms with Crippen LogP contribution in [0.2, 0.25) is 0 Å². The van der Waals surface area contributed by atoms with Crippen molar-refractivity contribution in [3.8, 4) is 6.07 Å². The minimum absolute atomic E-state index is 0.210. The normalized spacial score (nSPS) is 22.5. The van der Waals surface area contributed by atoms with E-state index in [0.717, 1.165) is 13.2 Å². The minimum atomic E-state index is -4.83. The number of rotatable bonds is 2. The maximum absolute atomic E-state index is 14.2. The maximum Gasteiger partial charge on any atom is 0.431 e. The number of hydrogen-bond acceptors (Lipinski definition) is 3. The fraction of sp³-hybridized carbons (Fsp3) is 0.471. The third kappa shape index (κ3) is 2.78. The average molecular weight is 374 g/mol. The van der Waals surface area contributed by atoms with Crippen molar-refractivity contribution < 1.29 is 31.8 Å². The summed E-state index contributed by atoms with van der Waals surface area (Å²) in [4.78, 5) is 0. The highest BCUT2D eigenvalue weighted by Gasteiger charge is 2.49. The van der Waals surface area contributed by atoms with E-state index in [1.165, 1.54) is 6.07 Å². The van der Waals surface area contributed by atoms with E-state index in [-0.39, 0.29) is 18.2 Å². The van der Waals surface area contributed by atoms with Gasteiger partial charge in [-0.3, -0.25) is 0 Å². The van der Waals surface area contributed by atoms with Gasteiger partial charge in [0.1, 0.15) is 17.5 Å². The van der Waals surface area contributed by atoms with Crippen molar-refractivity contribution >= 4 is 5.70 Å². The summed E-state index contributed by atoms with van der Waals surface area (Å²) in [6.45, 7) is 0. The number of nitrogens with zero attached hydrogens (tertiary/aromatic N) is 2. The lowest BCUT2D eigenvalue weighted by molar-refractivity contribution is -0.142. The van der Waals surface area contributed by atoms with Crippen LogP contribution in [0, 0.1) is 11.3 Å². The molecule has 2 aliphatic carbocycles. The Balaban J connectivity index is 2.37. The largest absolute Gasteiger partial charge is 0.493 e. The molecule has 2 aliphatic rings. The number of aryl methyl sites for hydroxylation is 1. The van der Waals surface area contributed by atoms with Crippen molar-refractivity contribution in [2.75, 3.05) is 7.11 Å². The Morgan fingerprint density at radius 2 is 1.96 bits per heavy atom. The minimum Gasteiger partial charge on any atom is -0.493 e. The second-order valence-electron chi connectivity index (χ2n) is 6.21. The van der Waals surface area contributed by atoms with Gasteiger partial charge in [-0.25, -0.2) is 0 Å². The molecule has 140 valence electrons. The number of aliphatic hydroxyl groups excluding tert-OH is 1. The Morgan fingerprint density at radius 3 is 2.54 bits per heavy atom. The molecule has 0 saturated carbocycles. The second kappa shape index (κ2) is 6.13. The van der Waals surface area contributed by atoms with Crippen LogP contribution in [0.5, 0.6) is 0 Å². The Bertz CT molecular complexity index is 843. The lowest BCUT2D eigenvalue weighted by atomic mass is 9.94. The predicted molar refractivity (Wildman–Crippen MR) is 81.0 cm³/mol. The Hall–Kier alpha value is -2.34. The summed E-state index contributed by atoms with van der Waals surface area (Å²) >= 11 is 0. The van der Waals surface area contributed by atoms with Crippen molar-refractivity contribution in [3.05, 3.63) is 40.4 Å². The molecule has 0 aromatic carbocycles. The quantitative estimate of drug-likeness (QED) is 0.804. The van der Waals surface area contributed by atoms with Gasteiger partial charge in [-0.2, -0.15) is 27.2 Å². The number of methoxy groups -OCH3 is 1. The highest BCUT2D eigenvalue weighted by molar-refractivity contribution is 5.69. The van der Waals surface area contributed by atoms with Gasteiger partial charge in [0.05, 0.1) is 12.7 Å². The van der Waals surface area contributed by atoms with Crippen LogP contribution in [0.15, 0.2) is 23.5 Å². The van der Waals surface area contributed by atoms with Gasteiger partial charge >= 0.3 is 6.18 Å². The Morgan fingerprint density at radius 1 is 1.31 bits per heavy atom. The molecular formula is C17H15F5N2O2. The van der Waals surface area contributed by atoms with Crippen LogP contribution < -0.4 is 0 Å². The molecule has 0 spiro atoms. The second-order valence-corrected chi connectivity index (χ2v) is 6.21. The molecule has 0 bridgehead atoms. The molecule has 0 saturated heterocycles. The molecule has 1 aromatic heterocycles. The van der Waals surface area contributed by atoms with E-state index in [2.05, 4.69) is 0 Å². The number of aromatic nitrogens is 1. The Kier molecular flexibility index (Phi) is 4.35. The van der Waals surface area contributed by atoms with Crippen molar-refractivity contribution in [3.63, 3.8) is 0 Å². The number of nitriles is 1. The molecule has 4 nitrogen and oxygen atoms in total. The van der Waals surface area contributed by atoms with Crippen LogP contribution in [0.3, 0.4) is 0 Å². The van der Waals surface area contributed by atoms with Gasteiger partial charge in [-0.05, 0) is 37.3 Å². The smallest absolute Gasteiger partial charge is 0.431 e. The van der Waals surface area contributed by atoms with Gasteiger partial charge in [0, 0.05) is 11.8 Å². The van der Waals surface area contributed by atoms with Gasteiger partial charge in [-0.15, -0.1) is 0 Å². The average Bonchev–Trinajstić information content (AvgIpc) is 2.96. The standard InChI is InChI=1S/C17H15F5N2O2/c1-26-14-10(8-23)7-16(18,19)15(25)13(14)24-11-5-3-2-4-9(11)6-12(24)17(20,21)22/h6-7,15,25H,2-5H2,1H3. The zero-order valence-electron chi connectivity index (χ0n) is 13.7. The predicted octanol–water partition coefficient (Wildman–Crippen LogP) is 3.66. The molecule has 1 N–H and O–H groups in total. The molecule has 1 aromatic rings. The summed E-state index contributed by atoms with van der Waals surface area (Å²) in [6.07, 6.45) is -5.28. The molecule has 0 radical (unpaired) electrons. The van der Waals surface area contributed by atoms with E-state index in [1.54, 1.807) is 0 Å². The van der Waals surface area contributed by atoms with Crippen LogP contribution in [0.25, 0.3) is 5.70 Å². The lowest BCUT2D eigenvalue weighted by Gasteiger charge is -2.31. The first kappa shape index (κ1) is 18.5. The van der Waals surface area contributed by atoms with E-state index in [0.29, 0.717) is 29.4 Å². The van der Waals surface area contributed by atoms with E-state index in [1.807, 2.05) is 0 Å². The molecule has 3 rings (SSSR count). The molecule has 0 aliphatic heterocycles. The molecule has 0 fully saturated rings. The molecule has 1 heterocycles. The number of ether oxygens (including phenoxy) is 1. The zero-order chi connectivity index (χ0) is 19.3. The van der Waals surface area contributed by atoms with Gasteiger partial charge < -0.3 is 14.4 Å². The van der Waals surface area contributed by atoms with Crippen LogP contribution in [-0.2, 0) is 23.8 Å². The zero-order valence-corrected chi connectivity index (χ0v) is 13.7. The first-order valence-electron chi connectivity index (χ1n) is 7.90. The first-order valence-corrected chi connectivity index (χ1v) is 7.90. The summed E-state index contributed by atoms with van der Waals surface area (Å²) < 4.78 is 74.7. The molecule has 26 heavy (non-hydrogen) atoms. The van der Waals surface area contributed by atoms with Crippen molar-refractivity contribution in [1.82, 2.24) is 4.57 Å². The molecule has 9 heteroatoms. The molecular weight excluding hydrogens is 359 g/mol. The van der Waals surface area contributed by atoms with Crippen molar-refractivity contribution in [2.45, 2.75) is 43.9 Å². The van der Waals surface area contributed by atoms with Gasteiger partial charge in [0.25, 0.3) is 5.92 Å². The number of hydrogen-bond donors (Lipinski definition) is 1. The number of aliphatic hydroxyl groups is 1. The number of fused-ring (bicyclic) bond motifs is 1. The molecule has 1 unspecified atom stereocenters. The fourth-order valence-corrected chi connectivity index (χ4v) is 3.49. The summed E-state index contributed by atoms with van der Waals surface area (Å²) in [5.74, 6) is -4.39. The van der Waals surface area contributed by atoms with Gasteiger partial charge in [0.2, 0.25) is 0 Å². The van der Waals surface area contributed by atoms with E-state index in [9.17, 15) is 27.1 Å². The topological polar surface area (TPSA) is 58.2 Å². The highest BCUT2D eigenvalue weighted by atomic mass is 19.4. The van der Waals surface area contributed by atoms with Crippen LogP contribution in [0.1, 0.15) is 29.8 Å². The third-order valence-electron chi connectivity index (χ3n) is 4.60. The number of allylic oxidation sites excluding steroid dienone is 1. The van der Waals surface area contributed by atoms with E-state index < -0.39 is 40.9 Å². The van der Waals surface area contributed by atoms with E-state index in [4.69, 9.17) is 10.00 Å². The van der Waals surface area contributed by atoms with Gasteiger partial charge in [-0.1, -0.05) is 0 Å². The number of halogens is 5. The van der Waals surface area contributed by atoms with Gasteiger partial charge in [0.15, 0.2) is 11.9 Å². The highest BCUT2D eigenvalue weighted by Crippen LogP contribution is 2.44. The number of alkyl halides is 5. The third-order valence-corrected chi connectivity index (χ3v) is 4.60. The summed E-state index contributed by atoms with van der Waals surface area (Å²) in [5.41, 5.74) is -1.93. The van der Waals surface area contributed by atoms with E-state index >= 15 is 0 Å². The lowest BCUT2D eigenvalue weighted by Crippen LogP contribution is -2.39. The Labute approximate surface area is 145 Å². The molecule has 0 amide bonds. The first-order chi connectivity index (χ1) is 12.1. The van der Waals surface area contributed by atoms with Crippen LogP contribution in [0.4, 0.5) is 22.0 Å². The van der Waals surface area contributed by atoms with Crippen LogP contribution in [-0.4, -0.2) is 28.8 Å². The summed E-state index contributed by atoms with van der Waals surface area (Å²) in [5, 5.41) is 19.3. The van der Waals surface area contributed by atoms with Crippen molar-refractivity contribution in [2.24, 2.45) is 0 Å². The maximum atomic E-state index is 14.2. The summed E-state index contributed by atoms with van der Waals surface area (Å²) in [6, 6.07) is 2.42.